The molecule has 0 bridgehead atoms. The molecule has 1 heterocycles. The van der Waals surface area contributed by atoms with Gasteiger partial charge in [-0.05, 0) is 24.0 Å². The van der Waals surface area contributed by atoms with E-state index in [1.54, 1.807) is 0 Å². The molecule has 0 aliphatic carbocycles. The third-order valence-electron chi connectivity index (χ3n) is 3.07. The predicted octanol–water partition coefficient (Wildman–Crippen LogP) is -0.832. The van der Waals surface area contributed by atoms with E-state index >= 15 is 0 Å². The Labute approximate surface area is 119 Å². The molecule has 0 aromatic heterocycles. The minimum atomic E-state index is -3.76. The monoisotopic (exact) mass is 321 g/mol. The van der Waals surface area contributed by atoms with Crippen LogP contribution in [0.1, 0.15) is 6.42 Å². The van der Waals surface area contributed by atoms with Crippen molar-refractivity contribution in [3.05, 3.63) is 24.3 Å². The van der Waals surface area contributed by atoms with Gasteiger partial charge in [-0.1, -0.05) is 12.1 Å². The molecule has 1 fully saturated rings. The lowest BCUT2D eigenvalue weighted by Gasteiger charge is -2.26. The normalized spacial score (nSPS) is 23.5. The van der Waals surface area contributed by atoms with Crippen LogP contribution < -0.4 is 10.2 Å². The highest BCUT2D eigenvalue weighted by Gasteiger charge is 2.31. The van der Waals surface area contributed by atoms with Crippen LogP contribution in [0.25, 0.3) is 0 Å². The van der Waals surface area contributed by atoms with Crippen molar-refractivity contribution in [2.24, 2.45) is 0 Å². The van der Waals surface area contributed by atoms with Crippen LogP contribution in [0.3, 0.4) is 0 Å². The van der Waals surface area contributed by atoms with Gasteiger partial charge < -0.3 is 10.0 Å². The highest BCUT2D eigenvalue weighted by atomic mass is 32.3. The van der Waals surface area contributed by atoms with E-state index in [4.69, 9.17) is 10.0 Å². The van der Waals surface area contributed by atoms with Gasteiger partial charge in [0.1, 0.15) is 0 Å². The van der Waals surface area contributed by atoms with Crippen LogP contribution in [0.2, 0.25) is 0 Å². The van der Waals surface area contributed by atoms with Crippen molar-refractivity contribution in [1.29, 1.82) is 0 Å². The third-order valence-corrected chi connectivity index (χ3v) is 6.43. The number of sulfonamides is 1. The highest BCUT2D eigenvalue weighted by molar-refractivity contribution is 8.24. The third kappa shape index (κ3) is 3.73. The Morgan fingerprint density at radius 1 is 1.20 bits per heavy atom. The molecule has 1 aliphatic rings. The van der Waals surface area contributed by atoms with Gasteiger partial charge in [0, 0.05) is 11.8 Å². The molecule has 1 aliphatic heterocycles. The number of rotatable bonds is 4. The summed E-state index contributed by atoms with van der Waals surface area (Å²) >= 11 is 0. The summed E-state index contributed by atoms with van der Waals surface area (Å²) < 4.78 is 45.6. The molecule has 0 unspecified atom stereocenters. The number of benzene rings is 1. The van der Waals surface area contributed by atoms with Crippen LogP contribution >= 0.6 is 10.6 Å². The van der Waals surface area contributed by atoms with Crippen molar-refractivity contribution in [3.8, 4) is 0 Å². The molecule has 20 heavy (non-hydrogen) atoms. The SMILES string of the molecule is O=S(=O)(N[C@@H]1CCS(O)(O)C1)c1ccc(B(O)O)cc1. The Hall–Kier alpha value is -0.615. The van der Waals surface area contributed by atoms with E-state index in [2.05, 4.69) is 4.72 Å². The fourth-order valence-electron chi connectivity index (χ4n) is 2.02. The molecule has 0 saturated carbocycles. The maximum atomic E-state index is 12.1. The Bertz CT molecular complexity index is 574. The van der Waals surface area contributed by atoms with E-state index in [-0.39, 0.29) is 21.9 Å². The second-order valence-electron chi connectivity index (χ2n) is 4.72. The van der Waals surface area contributed by atoms with Gasteiger partial charge in [0.15, 0.2) is 0 Å². The van der Waals surface area contributed by atoms with E-state index in [9.17, 15) is 17.5 Å². The van der Waals surface area contributed by atoms with Crippen molar-refractivity contribution in [3.63, 3.8) is 0 Å². The average molecular weight is 321 g/mol. The molecule has 10 heteroatoms. The van der Waals surface area contributed by atoms with Crippen LogP contribution in [-0.2, 0) is 10.0 Å². The zero-order valence-corrected chi connectivity index (χ0v) is 12.1. The Morgan fingerprint density at radius 2 is 1.80 bits per heavy atom. The minimum absolute atomic E-state index is 0.00900. The van der Waals surface area contributed by atoms with E-state index in [1.165, 1.54) is 24.3 Å². The van der Waals surface area contributed by atoms with Gasteiger partial charge in [-0.15, -0.1) is 0 Å². The first-order chi connectivity index (χ1) is 9.20. The molecular weight excluding hydrogens is 305 g/mol. The van der Waals surface area contributed by atoms with E-state index in [0.29, 0.717) is 6.42 Å². The standard InChI is InChI=1S/C10H16BNO6S2/c13-11(14)8-1-3-10(4-2-8)20(17,18)12-9-5-6-19(15,16)7-9/h1-4,9,12-16H,5-7H2/t9-/m1/s1. The molecule has 0 amide bonds. The first-order valence-corrected chi connectivity index (χ1v) is 9.28. The van der Waals surface area contributed by atoms with Gasteiger partial charge in [0.2, 0.25) is 10.0 Å². The maximum Gasteiger partial charge on any atom is 0.488 e. The van der Waals surface area contributed by atoms with Crippen LogP contribution in [-0.4, -0.2) is 52.2 Å². The zero-order valence-electron chi connectivity index (χ0n) is 10.5. The van der Waals surface area contributed by atoms with E-state index in [0.717, 1.165) is 0 Å². The van der Waals surface area contributed by atoms with Gasteiger partial charge in [0.05, 0.1) is 10.6 Å². The molecule has 0 radical (unpaired) electrons. The molecule has 1 saturated heterocycles. The fraction of sp³-hybridized carbons (Fsp3) is 0.400. The Kier molecular flexibility index (Phi) is 4.45. The lowest BCUT2D eigenvalue weighted by atomic mass is 9.81. The largest absolute Gasteiger partial charge is 0.488 e. The number of hydrogen-bond acceptors (Lipinski definition) is 6. The lowest BCUT2D eigenvalue weighted by molar-refractivity contribution is 0.425. The minimum Gasteiger partial charge on any atom is -0.423 e. The first kappa shape index (κ1) is 15.8. The molecule has 2 rings (SSSR count). The summed E-state index contributed by atoms with van der Waals surface area (Å²) in [6.45, 7) is 0. The average Bonchev–Trinajstić information content (AvgIpc) is 2.68. The van der Waals surface area contributed by atoms with Gasteiger partial charge >= 0.3 is 7.12 Å². The molecular formula is C10H16BNO6S2. The molecule has 5 N–H and O–H groups in total. The summed E-state index contributed by atoms with van der Waals surface area (Å²) in [7, 11) is -8.07. The fourth-order valence-corrected chi connectivity index (χ4v) is 5.12. The molecule has 7 nitrogen and oxygen atoms in total. The van der Waals surface area contributed by atoms with Crippen molar-refractivity contribution >= 4 is 33.2 Å². The molecule has 1 atom stereocenters. The Balaban J connectivity index is 2.11. The van der Waals surface area contributed by atoms with Crippen molar-refractivity contribution < 1.29 is 27.6 Å². The van der Waals surface area contributed by atoms with Crippen molar-refractivity contribution in [2.75, 3.05) is 11.5 Å². The van der Waals surface area contributed by atoms with Gasteiger partial charge in [-0.3, -0.25) is 9.11 Å². The summed E-state index contributed by atoms with van der Waals surface area (Å²) in [4.78, 5) is -0.00900. The second kappa shape index (κ2) is 5.64. The summed E-state index contributed by atoms with van der Waals surface area (Å²) in [6, 6.07) is 4.66. The lowest BCUT2D eigenvalue weighted by Crippen LogP contribution is -2.35. The summed E-state index contributed by atoms with van der Waals surface area (Å²) in [5.41, 5.74) is 0.194. The summed E-state index contributed by atoms with van der Waals surface area (Å²) in [6.07, 6.45) is 0.384. The molecule has 0 spiro atoms. The van der Waals surface area contributed by atoms with Gasteiger partial charge in [-0.25, -0.2) is 13.1 Å². The first-order valence-electron chi connectivity index (χ1n) is 5.92. The zero-order chi connectivity index (χ0) is 15.0. The molecule has 1 aromatic carbocycles. The second-order valence-corrected chi connectivity index (χ2v) is 8.78. The van der Waals surface area contributed by atoms with Crippen molar-refractivity contribution in [1.82, 2.24) is 4.72 Å². The van der Waals surface area contributed by atoms with E-state index in [1.807, 2.05) is 0 Å². The topological polar surface area (TPSA) is 127 Å². The van der Waals surface area contributed by atoms with Crippen LogP contribution in [0.15, 0.2) is 29.2 Å². The summed E-state index contributed by atoms with van der Waals surface area (Å²) in [5, 5.41) is 17.9. The molecule has 1 aromatic rings. The number of nitrogens with one attached hydrogen (secondary N) is 1. The van der Waals surface area contributed by atoms with Gasteiger partial charge in [0.25, 0.3) is 0 Å². The predicted molar refractivity (Wildman–Crippen MR) is 77.6 cm³/mol. The van der Waals surface area contributed by atoms with Gasteiger partial charge in [-0.2, -0.15) is 10.6 Å². The van der Waals surface area contributed by atoms with Crippen LogP contribution in [0, 0.1) is 0 Å². The smallest absolute Gasteiger partial charge is 0.423 e. The van der Waals surface area contributed by atoms with E-state index < -0.39 is 33.8 Å². The molecule has 112 valence electrons. The maximum absolute atomic E-state index is 12.1. The van der Waals surface area contributed by atoms with Crippen LogP contribution in [0.4, 0.5) is 0 Å². The quantitative estimate of drug-likeness (QED) is 0.461. The highest BCUT2D eigenvalue weighted by Crippen LogP contribution is 2.45. The Morgan fingerprint density at radius 3 is 2.25 bits per heavy atom. The van der Waals surface area contributed by atoms with Crippen molar-refractivity contribution in [2.45, 2.75) is 17.4 Å². The number of hydrogen-bond donors (Lipinski definition) is 5. The van der Waals surface area contributed by atoms with Crippen LogP contribution in [0.5, 0.6) is 0 Å². The summed E-state index contributed by atoms with van der Waals surface area (Å²) in [5.74, 6) is 0.232.